The Balaban J connectivity index is 0.000000251. The Bertz CT molecular complexity index is 818. The Kier molecular flexibility index (Phi) is 7.71. The smallest absolute Gasteiger partial charge is 0.270 e. The van der Waals surface area contributed by atoms with Gasteiger partial charge in [0.2, 0.25) is 0 Å². The van der Waals surface area contributed by atoms with Gasteiger partial charge in [-0.05, 0) is 12.1 Å². The van der Waals surface area contributed by atoms with E-state index in [-0.39, 0.29) is 27.0 Å². The minimum Gasteiger partial charge on any atom is -0.298 e. The third kappa shape index (κ3) is 5.94. The highest BCUT2D eigenvalue weighted by atomic mass is 79.9. The number of nitro benzene ring substituents is 2. The maximum atomic E-state index is 12.2. The van der Waals surface area contributed by atoms with Crippen molar-refractivity contribution in [1.82, 2.24) is 0 Å². The molecule has 0 N–H and O–H groups in total. The number of alkyl halides is 2. The molecule has 0 aliphatic rings. The fourth-order valence-electron chi connectivity index (χ4n) is 1.55. The van der Waals surface area contributed by atoms with Crippen molar-refractivity contribution in [3.63, 3.8) is 0 Å². The first-order valence-electron chi connectivity index (χ1n) is 6.28. The van der Waals surface area contributed by atoms with E-state index in [1.165, 1.54) is 24.3 Å². The lowest BCUT2D eigenvalue weighted by atomic mass is 10.2. The lowest BCUT2D eigenvalue weighted by Crippen LogP contribution is -1.92. The number of halogens is 4. The topological polar surface area (TPSA) is 103 Å². The quantitative estimate of drug-likeness (QED) is 0.327. The minimum absolute atomic E-state index is 0.0831. The SMILES string of the molecule is O=Cc1cc([N+](=O)[O-])ccc1Br.O=[N+]([O-])c1ccc(Br)c(C(F)F)c1. The number of carbonyl (C=O) groups is 1. The molecule has 0 amide bonds. The van der Waals surface area contributed by atoms with E-state index < -0.39 is 16.3 Å². The molecule has 0 heterocycles. The Morgan fingerprint density at radius 1 is 0.920 bits per heavy atom. The summed E-state index contributed by atoms with van der Waals surface area (Å²) in [6.07, 6.45) is -2.15. The van der Waals surface area contributed by atoms with E-state index in [4.69, 9.17) is 0 Å². The number of benzene rings is 2. The first-order chi connectivity index (χ1) is 11.7. The van der Waals surface area contributed by atoms with E-state index in [9.17, 15) is 33.8 Å². The van der Waals surface area contributed by atoms with E-state index in [1.807, 2.05) is 0 Å². The summed E-state index contributed by atoms with van der Waals surface area (Å²) in [7, 11) is 0. The lowest BCUT2D eigenvalue weighted by Gasteiger charge is -2.01. The number of carbonyl (C=O) groups excluding carboxylic acids is 1. The number of nitro groups is 2. The van der Waals surface area contributed by atoms with Crippen LogP contribution in [0.3, 0.4) is 0 Å². The second-order valence-electron chi connectivity index (χ2n) is 4.34. The second kappa shape index (κ2) is 9.28. The van der Waals surface area contributed by atoms with Crippen molar-refractivity contribution in [3.8, 4) is 0 Å². The fourth-order valence-corrected chi connectivity index (χ4v) is 2.31. The van der Waals surface area contributed by atoms with Crippen LogP contribution in [-0.4, -0.2) is 16.1 Å². The summed E-state index contributed by atoms with van der Waals surface area (Å²) in [4.78, 5) is 29.6. The zero-order valence-corrected chi connectivity index (χ0v) is 15.2. The van der Waals surface area contributed by atoms with Gasteiger partial charge in [0, 0.05) is 44.3 Å². The van der Waals surface area contributed by atoms with Crippen LogP contribution in [0.4, 0.5) is 20.2 Å². The maximum Gasteiger partial charge on any atom is 0.270 e. The molecule has 0 aliphatic heterocycles. The summed E-state index contributed by atoms with van der Waals surface area (Å²) < 4.78 is 25.2. The van der Waals surface area contributed by atoms with Gasteiger partial charge in [0.15, 0.2) is 6.29 Å². The van der Waals surface area contributed by atoms with E-state index in [0.717, 1.165) is 12.1 Å². The van der Waals surface area contributed by atoms with Crippen LogP contribution in [0.2, 0.25) is 0 Å². The molecule has 2 aromatic rings. The number of hydrogen-bond acceptors (Lipinski definition) is 5. The Morgan fingerprint density at radius 2 is 1.40 bits per heavy atom. The molecule has 0 aromatic heterocycles. The Hall–Kier alpha value is -2.27. The van der Waals surface area contributed by atoms with Gasteiger partial charge in [0.05, 0.1) is 9.85 Å². The first kappa shape index (κ1) is 20.8. The van der Waals surface area contributed by atoms with Crippen molar-refractivity contribution >= 4 is 49.5 Å². The number of rotatable bonds is 4. The molecule has 2 aromatic carbocycles. The monoisotopic (exact) mass is 480 g/mol. The average Bonchev–Trinajstić information content (AvgIpc) is 2.55. The van der Waals surface area contributed by atoms with E-state index >= 15 is 0 Å². The predicted octanol–water partition coefficient (Wildman–Crippen LogP) is 5.46. The van der Waals surface area contributed by atoms with Crippen LogP contribution < -0.4 is 0 Å². The summed E-state index contributed by atoms with van der Waals surface area (Å²) in [6, 6.07) is 7.28. The van der Waals surface area contributed by atoms with Crippen LogP contribution in [0.25, 0.3) is 0 Å². The molecule has 25 heavy (non-hydrogen) atoms. The number of non-ortho nitro benzene ring substituents is 2. The second-order valence-corrected chi connectivity index (χ2v) is 6.05. The highest BCUT2D eigenvalue weighted by Crippen LogP contribution is 2.30. The van der Waals surface area contributed by atoms with Gasteiger partial charge in [-0.2, -0.15) is 0 Å². The highest BCUT2D eigenvalue weighted by Gasteiger charge is 2.16. The normalized spacial score (nSPS) is 9.96. The van der Waals surface area contributed by atoms with E-state index in [1.54, 1.807) is 0 Å². The molecule has 0 spiro atoms. The molecular formula is C14H8Br2F2N2O5. The van der Waals surface area contributed by atoms with Gasteiger partial charge < -0.3 is 0 Å². The van der Waals surface area contributed by atoms with Crippen LogP contribution in [0.5, 0.6) is 0 Å². The Morgan fingerprint density at radius 3 is 1.84 bits per heavy atom. The van der Waals surface area contributed by atoms with Crippen molar-refractivity contribution < 1.29 is 23.4 Å². The molecule has 132 valence electrons. The predicted molar refractivity (Wildman–Crippen MR) is 91.9 cm³/mol. The molecule has 7 nitrogen and oxygen atoms in total. The molecule has 0 aliphatic carbocycles. The van der Waals surface area contributed by atoms with Gasteiger partial charge in [0.25, 0.3) is 17.8 Å². The molecule has 0 saturated carbocycles. The van der Waals surface area contributed by atoms with Crippen LogP contribution in [0.1, 0.15) is 22.3 Å². The van der Waals surface area contributed by atoms with Gasteiger partial charge in [-0.25, -0.2) is 8.78 Å². The zero-order valence-electron chi connectivity index (χ0n) is 12.1. The van der Waals surface area contributed by atoms with Gasteiger partial charge in [-0.15, -0.1) is 0 Å². The highest BCUT2D eigenvalue weighted by molar-refractivity contribution is 9.10. The van der Waals surface area contributed by atoms with E-state index in [0.29, 0.717) is 10.8 Å². The van der Waals surface area contributed by atoms with Gasteiger partial charge >= 0.3 is 0 Å². The fraction of sp³-hybridized carbons (Fsp3) is 0.0714. The van der Waals surface area contributed by atoms with Gasteiger partial charge in [0.1, 0.15) is 0 Å². The molecule has 0 unspecified atom stereocenters. The first-order valence-corrected chi connectivity index (χ1v) is 7.87. The third-order valence-corrected chi connectivity index (χ3v) is 4.19. The van der Waals surface area contributed by atoms with Crippen LogP contribution >= 0.6 is 31.9 Å². The van der Waals surface area contributed by atoms with Crippen molar-refractivity contribution in [2.24, 2.45) is 0 Å². The van der Waals surface area contributed by atoms with Gasteiger partial charge in [-0.1, -0.05) is 31.9 Å². The molecule has 0 fully saturated rings. The molecular weight excluding hydrogens is 474 g/mol. The number of hydrogen-bond donors (Lipinski definition) is 0. The van der Waals surface area contributed by atoms with Crippen molar-refractivity contribution in [2.45, 2.75) is 6.43 Å². The molecule has 0 saturated heterocycles. The van der Waals surface area contributed by atoms with Gasteiger partial charge in [-0.3, -0.25) is 25.0 Å². The van der Waals surface area contributed by atoms with Crippen molar-refractivity contribution in [2.75, 3.05) is 0 Å². The van der Waals surface area contributed by atoms with E-state index in [2.05, 4.69) is 31.9 Å². The summed E-state index contributed by atoms with van der Waals surface area (Å²) in [5.41, 5.74) is -0.503. The molecule has 0 radical (unpaired) electrons. The molecule has 2 rings (SSSR count). The molecule has 11 heteroatoms. The standard InChI is InChI=1S/C7H4BrF2NO2.C7H4BrNO3/c8-6-2-1-4(11(12)13)3-5(6)7(9)10;8-7-2-1-6(9(11)12)3-5(7)4-10/h1-3,7H;1-4H. The molecule has 0 atom stereocenters. The van der Waals surface area contributed by atoms with Crippen LogP contribution in [0, 0.1) is 20.2 Å². The van der Waals surface area contributed by atoms with Crippen molar-refractivity contribution in [3.05, 3.63) is 76.7 Å². The summed E-state index contributed by atoms with van der Waals surface area (Å²) in [5, 5.41) is 20.5. The van der Waals surface area contributed by atoms with Crippen LogP contribution in [-0.2, 0) is 0 Å². The molecule has 0 bridgehead atoms. The summed E-state index contributed by atoms with van der Waals surface area (Å²) in [5.74, 6) is 0. The van der Waals surface area contributed by atoms with Crippen molar-refractivity contribution in [1.29, 1.82) is 0 Å². The lowest BCUT2D eigenvalue weighted by molar-refractivity contribution is -0.385. The van der Waals surface area contributed by atoms with Crippen LogP contribution in [0.15, 0.2) is 45.3 Å². The summed E-state index contributed by atoms with van der Waals surface area (Å²) in [6.45, 7) is 0. The minimum atomic E-state index is -2.71. The number of aldehydes is 1. The third-order valence-electron chi connectivity index (χ3n) is 2.74. The largest absolute Gasteiger partial charge is 0.298 e. The summed E-state index contributed by atoms with van der Waals surface area (Å²) >= 11 is 5.96. The number of nitrogens with zero attached hydrogens (tertiary/aromatic N) is 2. The zero-order chi connectivity index (χ0) is 19.1. The average molecular weight is 482 g/mol. The maximum absolute atomic E-state index is 12.2. The Labute approximate surface area is 156 Å².